The lowest BCUT2D eigenvalue weighted by molar-refractivity contribution is 0.415. The van der Waals surface area contributed by atoms with Crippen LogP contribution in [0.25, 0.3) is 0 Å². The first-order valence-corrected chi connectivity index (χ1v) is 9.55. The normalized spacial score (nSPS) is 10.6. The van der Waals surface area contributed by atoms with Gasteiger partial charge in [0.2, 0.25) is 0 Å². The molecule has 127 valence electrons. The summed E-state index contributed by atoms with van der Waals surface area (Å²) >= 11 is 0. The summed E-state index contributed by atoms with van der Waals surface area (Å²) in [7, 11) is 3.88. The van der Waals surface area contributed by atoms with E-state index in [9.17, 15) is 0 Å². The van der Waals surface area contributed by atoms with Crippen LogP contribution in [-0.2, 0) is 0 Å². The maximum Gasteiger partial charge on any atom is 0.155 e. The van der Waals surface area contributed by atoms with E-state index in [2.05, 4.69) is 36.4 Å². The molecule has 0 fully saturated rings. The van der Waals surface area contributed by atoms with Gasteiger partial charge in [0.25, 0.3) is 0 Å². The van der Waals surface area contributed by atoms with Crippen LogP contribution in [0.1, 0.15) is 0 Å². The van der Waals surface area contributed by atoms with Crippen LogP contribution in [-0.4, -0.2) is 30.1 Å². The Kier molecular flexibility index (Phi) is 5.41. The Labute approximate surface area is 150 Å². The van der Waals surface area contributed by atoms with Crippen LogP contribution < -0.4 is 29.8 Å². The summed E-state index contributed by atoms with van der Waals surface area (Å²) in [5, 5.41) is 3.77. The predicted molar refractivity (Wildman–Crippen MR) is 104 cm³/mol. The fourth-order valence-corrected chi connectivity index (χ4v) is 5.48. The first-order valence-electron chi connectivity index (χ1n) is 8.05. The van der Waals surface area contributed by atoms with Crippen molar-refractivity contribution in [2.24, 2.45) is 0 Å². The highest BCUT2D eigenvalue weighted by molar-refractivity contribution is 6.95. The van der Waals surface area contributed by atoms with Crippen LogP contribution in [0.4, 0.5) is 0 Å². The lowest BCUT2D eigenvalue weighted by atomic mass is 10.3. The van der Waals surface area contributed by atoms with E-state index in [1.807, 2.05) is 36.4 Å². The Hall–Kier alpha value is -2.72. The topological polar surface area (TPSA) is 27.7 Å². The molecular weight excluding hydrogens is 328 g/mol. The van der Waals surface area contributed by atoms with Crippen molar-refractivity contribution in [2.45, 2.75) is 0 Å². The van der Waals surface area contributed by atoms with Gasteiger partial charge in [-0.2, -0.15) is 0 Å². The minimum atomic E-state index is -1.21. The number of benzene rings is 3. The molecule has 0 atom stereocenters. The lowest BCUT2D eigenvalue weighted by Gasteiger charge is -2.18. The van der Waals surface area contributed by atoms with E-state index in [-0.39, 0.29) is 0 Å². The van der Waals surface area contributed by atoms with E-state index in [1.54, 1.807) is 21.3 Å². The zero-order valence-electron chi connectivity index (χ0n) is 14.7. The van der Waals surface area contributed by atoms with Crippen molar-refractivity contribution >= 4 is 24.4 Å². The van der Waals surface area contributed by atoms with Crippen molar-refractivity contribution in [1.82, 2.24) is 0 Å². The minimum absolute atomic E-state index is 0.866. The van der Waals surface area contributed by atoms with E-state index in [0.29, 0.717) is 0 Å². The number of ether oxygens (including phenoxy) is 3. The lowest BCUT2D eigenvalue weighted by Crippen LogP contribution is -2.51. The van der Waals surface area contributed by atoms with Gasteiger partial charge in [-0.15, -0.1) is 0 Å². The van der Waals surface area contributed by atoms with Crippen LogP contribution in [0.2, 0.25) is 0 Å². The molecular formula is C21H21O3Si. The molecule has 0 unspecified atom stereocenters. The molecule has 25 heavy (non-hydrogen) atoms. The molecule has 0 saturated heterocycles. The van der Waals surface area contributed by atoms with Gasteiger partial charge in [-0.3, -0.25) is 0 Å². The largest absolute Gasteiger partial charge is 0.497 e. The van der Waals surface area contributed by atoms with Gasteiger partial charge >= 0.3 is 0 Å². The SMILES string of the molecule is COc1cccc([Si](c2cccc(OC)c2)c2cccc(OC)c2)c1. The minimum Gasteiger partial charge on any atom is -0.497 e. The van der Waals surface area contributed by atoms with Gasteiger partial charge in [-0.25, -0.2) is 0 Å². The van der Waals surface area contributed by atoms with Crippen molar-refractivity contribution in [3.05, 3.63) is 72.8 Å². The third-order valence-corrected chi connectivity index (χ3v) is 6.74. The summed E-state index contributed by atoms with van der Waals surface area (Å²) in [6, 6.07) is 24.9. The maximum atomic E-state index is 5.43. The number of hydrogen-bond acceptors (Lipinski definition) is 3. The molecule has 1 radical (unpaired) electrons. The fourth-order valence-electron chi connectivity index (χ4n) is 2.84. The van der Waals surface area contributed by atoms with Crippen LogP contribution in [0.5, 0.6) is 17.2 Å². The molecule has 0 heterocycles. The van der Waals surface area contributed by atoms with Crippen molar-refractivity contribution in [1.29, 1.82) is 0 Å². The Morgan fingerprint density at radius 1 is 0.520 bits per heavy atom. The molecule has 3 aromatic rings. The van der Waals surface area contributed by atoms with E-state index in [0.717, 1.165) is 17.2 Å². The smallest absolute Gasteiger partial charge is 0.155 e. The highest BCUT2D eigenvalue weighted by atomic mass is 28.3. The number of methoxy groups -OCH3 is 3. The molecule has 3 aromatic carbocycles. The molecule has 0 amide bonds. The first-order chi connectivity index (χ1) is 12.2. The predicted octanol–water partition coefficient (Wildman–Crippen LogP) is 2.23. The monoisotopic (exact) mass is 349 g/mol. The summed E-state index contributed by atoms with van der Waals surface area (Å²) in [4.78, 5) is 0. The second kappa shape index (κ2) is 7.90. The zero-order valence-corrected chi connectivity index (χ0v) is 15.7. The highest BCUT2D eigenvalue weighted by Crippen LogP contribution is 2.12. The van der Waals surface area contributed by atoms with Gasteiger partial charge in [-0.05, 0) is 52.0 Å². The van der Waals surface area contributed by atoms with Crippen LogP contribution in [0.3, 0.4) is 0 Å². The molecule has 4 heteroatoms. The van der Waals surface area contributed by atoms with Crippen molar-refractivity contribution in [3.63, 3.8) is 0 Å². The first kappa shape index (κ1) is 17.1. The van der Waals surface area contributed by atoms with Crippen LogP contribution in [0.15, 0.2) is 72.8 Å². The van der Waals surface area contributed by atoms with Crippen molar-refractivity contribution in [2.75, 3.05) is 21.3 Å². The second-order valence-corrected chi connectivity index (χ2v) is 8.05. The number of rotatable bonds is 6. The van der Waals surface area contributed by atoms with Crippen LogP contribution >= 0.6 is 0 Å². The van der Waals surface area contributed by atoms with E-state index < -0.39 is 8.80 Å². The summed E-state index contributed by atoms with van der Waals surface area (Å²) in [6.07, 6.45) is 0. The third kappa shape index (κ3) is 3.86. The molecule has 0 bridgehead atoms. The van der Waals surface area contributed by atoms with Gasteiger partial charge in [0, 0.05) is 0 Å². The van der Waals surface area contributed by atoms with E-state index >= 15 is 0 Å². The quantitative estimate of drug-likeness (QED) is 0.505. The maximum absolute atomic E-state index is 5.43. The Balaban J connectivity index is 2.16. The Bertz CT molecular complexity index is 735. The summed E-state index contributed by atoms with van der Waals surface area (Å²) < 4.78 is 16.3. The van der Waals surface area contributed by atoms with Gasteiger partial charge in [0.1, 0.15) is 17.2 Å². The van der Waals surface area contributed by atoms with Gasteiger partial charge in [0.15, 0.2) is 8.80 Å². The Morgan fingerprint density at radius 2 is 0.840 bits per heavy atom. The molecule has 0 N–H and O–H groups in total. The zero-order chi connectivity index (χ0) is 17.6. The molecule has 0 aliphatic carbocycles. The van der Waals surface area contributed by atoms with E-state index in [4.69, 9.17) is 14.2 Å². The van der Waals surface area contributed by atoms with Gasteiger partial charge in [-0.1, -0.05) is 36.4 Å². The molecule has 0 aliphatic heterocycles. The molecule has 0 aliphatic rings. The molecule has 0 aromatic heterocycles. The average Bonchev–Trinajstić information content (AvgIpc) is 2.68. The van der Waals surface area contributed by atoms with E-state index in [1.165, 1.54) is 15.6 Å². The fraction of sp³-hybridized carbons (Fsp3) is 0.143. The Morgan fingerprint density at radius 3 is 1.12 bits per heavy atom. The number of hydrogen-bond donors (Lipinski definition) is 0. The summed E-state index contributed by atoms with van der Waals surface area (Å²) in [5.74, 6) is 2.60. The summed E-state index contributed by atoms with van der Waals surface area (Å²) in [5.41, 5.74) is 0. The molecule has 3 rings (SSSR count). The van der Waals surface area contributed by atoms with Crippen molar-refractivity contribution in [3.8, 4) is 17.2 Å². The second-order valence-electron chi connectivity index (χ2n) is 5.57. The summed E-state index contributed by atoms with van der Waals surface area (Å²) in [6.45, 7) is 0. The highest BCUT2D eigenvalue weighted by Gasteiger charge is 2.21. The van der Waals surface area contributed by atoms with Gasteiger partial charge in [0.05, 0.1) is 21.3 Å². The standard InChI is InChI=1S/C21H21O3Si/c1-22-16-7-4-10-19(13-16)25(20-11-5-8-17(14-20)23-2)21-12-6-9-18(15-21)24-3/h4-15H,1-3H3. The molecule has 3 nitrogen and oxygen atoms in total. The third-order valence-electron chi connectivity index (χ3n) is 4.08. The van der Waals surface area contributed by atoms with Crippen molar-refractivity contribution < 1.29 is 14.2 Å². The van der Waals surface area contributed by atoms with Gasteiger partial charge < -0.3 is 14.2 Å². The molecule has 0 spiro atoms. The average molecular weight is 349 g/mol. The molecule has 0 saturated carbocycles. The van der Waals surface area contributed by atoms with Crippen LogP contribution in [0, 0.1) is 0 Å².